The Bertz CT molecular complexity index is 1390. The molecule has 32 heavy (non-hydrogen) atoms. The molecule has 166 valence electrons. The molecule has 5 rings (SSSR count). The Morgan fingerprint density at radius 2 is 1.31 bits per heavy atom. The van der Waals surface area contributed by atoms with E-state index in [0.29, 0.717) is 6.04 Å². The second-order valence-electron chi connectivity index (χ2n) is 8.71. The van der Waals surface area contributed by atoms with E-state index in [9.17, 15) is 0 Å². The minimum atomic E-state index is 0. The van der Waals surface area contributed by atoms with E-state index in [-0.39, 0.29) is 14.9 Å². The average Bonchev–Trinajstić information content (AvgIpc) is 3.10. The smallest absolute Gasteiger partial charge is 0.0494 e. The number of benzene rings is 4. The first-order valence-corrected chi connectivity index (χ1v) is 11.1. The number of aromatic nitrogens is 1. The van der Waals surface area contributed by atoms with Gasteiger partial charge in [-0.05, 0) is 84.8 Å². The normalized spacial score (nSPS) is 12.0. The molecule has 0 bridgehead atoms. The Morgan fingerprint density at radius 1 is 0.688 bits per heavy atom. The molecule has 4 aromatic carbocycles. The van der Waals surface area contributed by atoms with Crippen molar-refractivity contribution >= 4 is 32.6 Å². The SMILES string of the molecule is C.C.CCC(C)n1c2ccccc2c2cc(Cc3c(C)cc(C)c4ccccc34)ccc21. The van der Waals surface area contributed by atoms with E-state index in [4.69, 9.17) is 0 Å². The number of hydrogen-bond acceptors (Lipinski definition) is 0. The third-order valence-electron chi connectivity index (χ3n) is 6.77. The molecular weight excluding hydrogens is 386 g/mol. The molecular formula is C31H37N. The van der Waals surface area contributed by atoms with E-state index < -0.39 is 0 Å². The van der Waals surface area contributed by atoms with E-state index in [2.05, 4.69) is 105 Å². The fourth-order valence-corrected chi connectivity index (χ4v) is 5.05. The summed E-state index contributed by atoms with van der Waals surface area (Å²) in [5.41, 5.74) is 8.26. The van der Waals surface area contributed by atoms with E-state index in [1.54, 1.807) is 0 Å². The van der Waals surface area contributed by atoms with E-state index >= 15 is 0 Å². The zero-order valence-corrected chi connectivity index (χ0v) is 18.4. The Morgan fingerprint density at radius 3 is 2.03 bits per heavy atom. The van der Waals surface area contributed by atoms with Crippen molar-refractivity contribution in [3.05, 3.63) is 95.1 Å². The maximum absolute atomic E-state index is 2.51. The average molecular weight is 424 g/mol. The van der Waals surface area contributed by atoms with Crippen molar-refractivity contribution in [2.45, 2.75) is 61.4 Å². The zero-order valence-electron chi connectivity index (χ0n) is 18.4. The minimum Gasteiger partial charge on any atom is -0.338 e. The maximum Gasteiger partial charge on any atom is 0.0494 e. The van der Waals surface area contributed by atoms with Gasteiger partial charge in [0.2, 0.25) is 0 Å². The van der Waals surface area contributed by atoms with Gasteiger partial charge in [0.25, 0.3) is 0 Å². The summed E-state index contributed by atoms with van der Waals surface area (Å²) < 4.78 is 2.51. The molecule has 0 aliphatic carbocycles. The monoisotopic (exact) mass is 423 g/mol. The van der Waals surface area contributed by atoms with Crippen molar-refractivity contribution in [1.29, 1.82) is 0 Å². The number of fused-ring (bicyclic) bond motifs is 4. The molecule has 1 heteroatoms. The summed E-state index contributed by atoms with van der Waals surface area (Å²) in [4.78, 5) is 0. The molecule has 1 heterocycles. The molecule has 1 unspecified atom stereocenters. The third kappa shape index (κ3) is 3.71. The van der Waals surface area contributed by atoms with Crippen molar-refractivity contribution < 1.29 is 0 Å². The van der Waals surface area contributed by atoms with E-state index in [0.717, 1.165) is 12.8 Å². The predicted octanol–water partition coefficient (Wildman–Crippen LogP) is 9.40. The fraction of sp³-hybridized carbons (Fsp3) is 0.290. The highest BCUT2D eigenvalue weighted by Crippen LogP contribution is 2.34. The predicted molar refractivity (Wildman–Crippen MR) is 144 cm³/mol. The molecule has 1 atom stereocenters. The highest BCUT2D eigenvalue weighted by atomic mass is 15.0. The Kier molecular flexibility index (Phi) is 6.79. The van der Waals surface area contributed by atoms with Gasteiger partial charge in [0.1, 0.15) is 0 Å². The van der Waals surface area contributed by atoms with Crippen LogP contribution < -0.4 is 0 Å². The van der Waals surface area contributed by atoms with Crippen LogP contribution in [0.2, 0.25) is 0 Å². The quantitative estimate of drug-likeness (QED) is 0.271. The van der Waals surface area contributed by atoms with Crippen molar-refractivity contribution in [2.24, 2.45) is 0 Å². The Hall–Kier alpha value is -3.06. The first-order valence-electron chi connectivity index (χ1n) is 11.1. The number of nitrogens with zero attached hydrogens (tertiary/aromatic N) is 1. The number of para-hydroxylation sites is 1. The molecule has 1 aromatic heterocycles. The van der Waals surface area contributed by atoms with E-state index in [1.807, 2.05) is 0 Å². The van der Waals surface area contributed by atoms with Crippen LogP contribution in [0.3, 0.4) is 0 Å². The summed E-state index contributed by atoms with van der Waals surface area (Å²) in [6.07, 6.45) is 2.09. The largest absolute Gasteiger partial charge is 0.338 e. The van der Waals surface area contributed by atoms with Gasteiger partial charge in [-0.3, -0.25) is 0 Å². The second-order valence-corrected chi connectivity index (χ2v) is 8.71. The molecule has 0 fully saturated rings. The van der Waals surface area contributed by atoms with Crippen LogP contribution in [0, 0.1) is 13.8 Å². The minimum absolute atomic E-state index is 0. The molecule has 5 aromatic rings. The summed E-state index contributed by atoms with van der Waals surface area (Å²) in [5, 5.41) is 5.49. The van der Waals surface area contributed by atoms with Crippen molar-refractivity contribution in [1.82, 2.24) is 4.57 Å². The molecule has 0 spiro atoms. The van der Waals surface area contributed by atoms with Crippen LogP contribution in [0.25, 0.3) is 32.6 Å². The molecule has 0 amide bonds. The van der Waals surface area contributed by atoms with Crippen LogP contribution in [0.15, 0.2) is 72.8 Å². The molecule has 1 nitrogen and oxygen atoms in total. The summed E-state index contributed by atoms with van der Waals surface area (Å²) in [6.45, 7) is 9.06. The Labute approximate surface area is 193 Å². The number of rotatable bonds is 4. The molecule has 0 radical (unpaired) electrons. The van der Waals surface area contributed by atoms with Crippen molar-refractivity contribution in [3.63, 3.8) is 0 Å². The first kappa shape index (κ1) is 23.6. The topological polar surface area (TPSA) is 4.93 Å². The van der Waals surface area contributed by atoms with Crippen LogP contribution in [0.5, 0.6) is 0 Å². The van der Waals surface area contributed by atoms with Gasteiger partial charge in [0.15, 0.2) is 0 Å². The first-order chi connectivity index (χ1) is 14.6. The molecule has 0 aliphatic heterocycles. The summed E-state index contributed by atoms with van der Waals surface area (Å²) in [5.74, 6) is 0. The summed E-state index contributed by atoms with van der Waals surface area (Å²) in [7, 11) is 0. The van der Waals surface area contributed by atoms with Crippen LogP contribution in [-0.2, 0) is 6.42 Å². The van der Waals surface area contributed by atoms with Crippen LogP contribution in [0.4, 0.5) is 0 Å². The molecule has 0 saturated carbocycles. The molecule has 0 N–H and O–H groups in total. The van der Waals surface area contributed by atoms with Crippen LogP contribution >= 0.6 is 0 Å². The van der Waals surface area contributed by atoms with Crippen LogP contribution in [0.1, 0.15) is 63.4 Å². The fourth-order valence-electron chi connectivity index (χ4n) is 5.05. The standard InChI is InChI=1S/C29H29N.2CH4/c1-5-21(4)30-28-13-9-8-12-25(28)27-18-22(14-15-29(27)30)17-26-20(3)16-19(2)23-10-6-7-11-24(23)26;;/h6-16,18,21H,5,17H2,1-4H3;2*1H4. The summed E-state index contributed by atoms with van der Waals surface area (Å²) in [6, 6.07) is 27.6. The third-order valence-corrected chi connectivity index (χ3v) is 6.77. The molecule has 0 saturated heterocycles. The Balaban J connectivity index is 0.00000144. The van der Waals surface area contributed by atoms with Gasteiger partial charge in [-0.1, -0.05) is 76.4 Å². The number of hydrogen-bond donors (Lipinski definition) is 0. The van der Waals surface area contributed by atoms with Gasteiger partial charge in [-0.25, -0.2) is 0 Å². The maximum atomic E-state index is 2.51. The van der Waals surface area contributed by atoms with E-state index in [1.165, 1.54) is 54.8 Å². The van der Waals surface area contributed by atoms with Gasteiger partial charge < -0.3 is 4.57 Å². The van der Waals surface area contributed by atoms with Crippen molar-refractivity contribution in [3.8, 4) is 0 Å². The lowest BCUT2D eigenvalue weighted by atomic mass is 9.91. The van der Waals surface area contributed by atoms with Crippen molar-refractivity contribution in [2.75, 3.05) is 0 Å². The zero-order chi connectivity index (χ0) is 20.8. The highest BCUT2D eigenvalue weighted by molar-refractivity contribution is 6.08. The highest BCUT2D eigenvalue weighted by Gasteiger charge is 2.15. The lowest BCUT2D eigenvalue weighted by Gasteiger charge is -2.15. The van der Waals surface area contributed by atoms with Gasteiger partial charge in [0, 0.05) is 27.8 Å². The van der Waals surface area contributed by atoms with Gasteiger partial charge in [-0.2, -0.15) is 0 Å². The summed E-state index contributed by atoms with van der Waals surface area (Å²) >= 11 is 0. The van der Waals surface area contributed by atoms with Gasteiger partial charge >= 0.3 is 0 Å². The number of aryl methyl sites for hydroxylation is 2. The second kappa shape index (κ2) is 9.20. The van der Waals surface area contributed by atoms with Crippen LogP contribution in [-0.4, -0.2) is 4.57 Å². The molecule has 0 aliphatic rings. The van der Waals surface area contributed by atoms with Gasteiger partial charge in [0.05, 0.1) is 0 Å². The lowest BCUT2D eigenvalue weighted by molar-refractivity contribution is 0.563. The lowest BCUT2D eigenvalue weighted by Crippen LogP contribution is -2.03. The van der Waals surface area contributed by atoms with Gasteiger partial charge in [-0.15, -0.1) is 0 Å².